The van der Waals surface area contributed by atoms with Crippen LogP contribution in [0, 0.1) is 16.7 Å². The summed E-state index contributed by atoms with van der Waals surface area (Å²) < 4.78 is 5.22. The molecule has 0 aliphatic carbocycles. The van der Waals surface area contributed by atoms with E-state index in [1.165, 1.54) is 0 Å². The average molecular weight is 257 g/mol. The smallest absolute Gasteiger partial charge is 0.227 e. The molecular weight excluding hydrogens is 242 g/mol. The maximum Gasteiger partial charge on any atom is 0.227 e. The third kappa shape index (κ3) is 3.13. The predicted octanol–water partition coefficient (Wildman–Crippen LogP) is 2.40. The molecular formula is C13H15N5O. The van der Waals surface area contributed by atoms with Gasteiger partial charge in [0.25, 0.3) is 0 Å². The zero-order chi connectivity index (χ0) is 13.7. The van der Waals surface area contributed by atoms with Gasteiger partial charge in [-0.15, -0.1) is 0 Å². The molecule has 19 heavy (non-hydrogen) atoms. The Bertz CT molecular complexity index is 574. The molecule has 2 rings (SSSR count). The van der Waals surface area contributed by atoms with E-state index in [1.807, 2.05) is 6.92 Å². The molecule has 6 heteroatoms. The van der Waals surface area contributed by atoms with Gasteiger partial charge in [0.05, 0.1) is 12.3 Å². The Kier molecular flexibility index (Phi) is 3.85. The molecule has 0 bridgehead atoms. The fraction of sp³-hybridized carbons (Fsp3) is 0.462. The van der Waals surface area contributed by atoms with Gasteiger partial charge in [-0.3, -0.25) is 4.98 Å². The first-order chi connectivity index (χ1) is 9.17. The van der Waals surface area contributed by atoms with E-state index in [4.69, 9.17) is 9.78 Å². The van der Waals surface area contributed by atoms with Gasteiger partial charge in [0.15, 0.2) is 0 Å². The van der Waals surface area contributed by atoms with Crippen molar-refractivity contribution in [2.75, 3.05) is 0 Å². The fourth-order valence-electron chi connectivity index (χ4n) is 1.71. The van der Waals surface area contributed by atoms with Crippen molar-refractivity contribution < 1.29 is 4.52 Å². The molecule has 2 aromatic heterocycles. The first kappa shape index (κ1) is 13.1. The molecule has 0 radical (unpaired) electrons. The molecule has 0 amide bonds. The van der Waals surface area contributed by atoms with Crippen LogP contribution in [-0.4, -0.2) is 20.1 Å². The highest BCUT2D eigenvalue weighted by molar-refractivity contribution is 5.45. The maximum atomic E-state index is 8.86. The van der Waals surface area contributed by atoms with Crippen LogP contribution >= 0.6 is 0 Å². The lowest BCUT2D eigenvalue weighted by Gasteiger charge is -2.22. The summed E-state index contributed by atoms with van der Waals surface area (Å²) in [6.45, 7) is 4.10. The number of aromatic nitrogens is 4. The van der Waals surface area contributed by atoms with E-state index in [0.29, 0.717) is 30.3 Å². The first-order valence-corrected chi connectivity index (χ1v) is 6.13. The molecule has 0 saturated carbocycles. The Morgan fingerprint density at radius 2 is 2.26 bits per heavy atom. The van der Waals surface area contributed by atoms with Crippen LogP contribution in [0.15, 0.2) is 23.1 Å². The predicted molar refractivity (Wildman–Crippen MR) is 67.7 cm³/mol. The average Bonchev–Trinajstić information content (AvgIpc) is 2.88. The molecule has 98 valence electrons. The Hall–Kier alpha value is -2.29. The standard InChI is InChI=1S/C13H15N5O/c1-3-13(2,4-5-14)8-11-17-12(18-19-11)10-9-15-6-7-16-10/h6-7,9H,3-4,8H2,1-2H3. The molecule has 1 atom stereocenters. The second kappa shape index (κ2) is 5.57. The highest BCUT2D eigenvalue weighted by Crippen LogP contribution is 2.29. The van der Waals surface area contributed by atoms with E-state index in [0.717, 1.165) is 6.42 Å². The van der Waals surface area contributed by atoms with Gasteiger partial charge in [-0.2, -0.15) is 10.2 Å². The van der Waals surface area contributed by atoms with E-state index in [1.54, 1.807) is 18.6 Å². The summed E-state index contributed by atoms with van der Waals surface area (Å²) in [5, 5.41) is 12.8. The van der Waals surface area contributed by atoms with Crippen molar-refractivity contribution in [2.45, 2.75) is 33.1 Å². The summed E-state index contributed by atoms with van der Waals surface area (Å²) in [5.41, 5.74) is 0.442. The fourth-order valence-corrected chi connectivity index (χ4v) is 1.71. The molecule has 0 aliphatic heterocycles. The zero-order valence-electron chi connectivity index (χ0n) is 11.0. The lowest BCUT2D eigenvalue weighted by atomic mass is 9.81. The normalized spacial score (nSPS) is 13.7. The van der Waals surface area contributed by atoms with Crippen molar-refractivity contribution in [1.82, 2.24) is 20.1 Å². The van der Waals surface area contributed by atoms with Gasteiger partial charge in [0.2, 0.25) is 11.7 Å². The van der Waals surface area contributed by atoms with Crippen LogP contribution in [0.25, 0.3) is 11.5 Å². The molecule has 0 spiro atoms. The molecule has 6 nitrogen and oxygen atoms in total. The Balaban J connectivity index is 2.16. The summed E-state index contributed by atoms with van der Waals surface area (Å²) in [6, 6.07) is 2.21. The van der Waals surface area contributed by atoms with Crippen LogP contribution in [0.2, 0.25) is 0 Å². The van der Waals surface area contributed by atoms with Gasteiger partial charge in [-0.1, -0.05) is 19.0 Å². The van der Waals surface area contributed by atoms with Gasteiger partial charge >= 0.3 is 0 Å². The van der Waals surface area contributed by atoms with Crippen molar-refractivity contribution in [1.29, 1.82) is 5.26 Å². The van der Waals surface area contributed by atoms with Crippen LogP contribution in [0.5, 0.6) is 0 Å². The molecule has 1 unspecified atom stereocenters. The van der Waals surface area contributed by atoms with E-state index in [-0.39, 0.29) is 5.41 Å². The van der Waals surface area contributed by atoms with Crippen molar-refractivity contribution in [2.24, 2.45) is 5.41 Å². The largest absolute Gasteiger partial charge is 0.339 e. The SMILES string of the molecule is CCC(C)(CC#N)Cc1nc(-c2cnccn2)no1. The molecule has 0 saturated heterocycles. The number of nitrogens with zero attached hydrogens (tertiary/aromatic N) is 5. The van der Waals surface area contributed by atoms with E-state index < -0.39 is 0 Å². The summed E-state index contributed by atoms with van der Waals surface area (Å²) in [6.07, 6.45) is 6.69. The summed E-state index contributed by atoms with van der Waals surface area (Å²) >= 11 is 0. The topological polar surface area (TPSA) is 88.5 Å². The van der Waals surface area contributed by atoms with Crippen molar-refractivity contribution in [3.63, 3.8) is 0 Å². The number of hydrogen-bond acceptors (Lipinski definition) is 6. The van der Waals surface area contributed by atoms with E-state index in [2.05, 4.69) is 33.1 Å². The number of rotatable bonds is 5. The zero-order valence-corrected chi connectivity index (χ0v) is 11.0. The maximum absolute atomic E-state index is 8.86. The summed E-state index contributed by atoms with van der Waals surface area (Å²) in [5.74, 6) is 0.957. The van der Waals surface area contributed by atoms with E-state index >= 15 is 0 Å². The third-order valence-electron chi connectivity index (χ3n) is 3.20. The minimum atomic E-state index is -0.138. The van der Waals surface area contributed by atoms with E-state index in [9.17, 15) is 0 Å². The van der Waals surface area contributed by atoms with Gasteiger partial charge < -0.3 is 4.52 Å². The molecule has 0 aliphatic rings. The molecule has 2 aromatic rings. The summed E-state index contributed by atoms with van der Waals surface area (Å²) in [7, 11) is 0. The van der Waals surface area contributed by atoms with Crippen LogP contribution in [0.4, 0.5) is 0 Å². The minimum Gasteiger partial charge on any atom is -0.339 e. The highest BCUT2D eigenvalue weighted by Gasteiger charge is 2.25. The highest BCUT2D eigenvalue weighted by atomic mass is 16.5. The lowest BCUT2D eigenvalue weighted by Crippen LogP contribution is -2.18. The van der Waals surface area contributed by atoms with Crippen LogP contribution < -0.4 is 0 Å². The second-order valence-corrected chi connectivity index (χ2v) is 4.78. The first-order valence-electron chi connectivity index (χ1n) is 6.13. The monoisotopic (exact) mass is 257 g/mol. The molecule has 2 heterocycles. The molecule has 0 fully saturated rings. The molecule has 0 aromatic carbocycles. The van der Waals surface area contributed by atoms with Crippen LogP contribution in [0.1, 0.15) is 32.6 Å². The van der Waals surface area contributed by atoms with Crippen LogP contribution in [-0.2, 0) is 6.42 Å². The number of nitriles is 1. The van der Waals surface area contributed by atoms with Crippen LogP contribution in [0.3, 0.4) is 0 Å². The van der Waals surface area contributed by atoms with Gasteiger partial charge in [-0.25, -0.2) is 4.98 Å². The van der Waals surface area contributed by atoms with Gasteiger partial charge in [0, 0.05) is 25.2 Å². The molecule has 0 N–H and O–H groups in total. The lowest BCUT2D eigenvalue weighted by molar-refractivity contribution is 0.266. The van der Waals surface area contributed by atoms with Gasteiger partial charge in [-0.05, 0) is 11.8 Å². The van der Waals surface area contributed by atoms with Gasteiger partial charge in [0.1, 0.15) is 5.69 Å². The minimum absolute atomic E-state index is 0.138. The Morgan fingerprint density at radius 3 is 2.89 bits per heavy atom. The number of hydrogen-bond donors (Lipinski definition) is 0. The third-order valence-corrected chi connectivity index (χ3v) is 3.20. The quantitative estimate of drug-likeness (QED) is 0.817. The van der Waals surface area contributed by atoms with Crippen molar-refractivity contribution in [3.8, 4) is 17.6 Å². The van der Waals surface area contributed by atoms with Crippen molar-refractivity contribution >= 4 is 0 Å². The Morgan fingerprint density at radius 1 is 1.42 bits per heavy atom. The van der Waals surface area contributed by atoms with Crippen molar-refractivity contribution in [3.05, 3.63) is 24.5 Å². The second-order valence-electron chi connectivity index (χ2n) is 4.78. The Labute approximate surface area is 111 Å². The summed E-state index contributed by atoms with van der Waals surface area (Å²) in [4.78, 5) is 12.4.